The maximum atomic E-state index is 11.3. The van der Waals surface area contributed by atoms with Crippen molar-refractivity contribution in [2.24, 2.45) is 0 Å². The molecule has 0 fully saturated rings. The van der Waals surface area contributed by atoms with E-state index in [1.165, 1.54) is 0 Å². The number of pyridine rings is 1. The zero-order valence-corrected chi connectivity index (χ0v) is 9.28. The lowest BCUT2D eigenvalue weighted by Gasteiger charge is -2.19. The zero-order chi connectivity index (χ0) is 11.3. The van der Waals surface area contributed by atoms with Gasteiger partial charge in [0.25, 0.3) is 0 Å². The number of carbonyl (C=O) groups excluding carboxylic acids is 1. The molecule has 0 bridgehead atoms. The lowest BCUT2D eigenvalue weighted by atomic mass is 10.1. The molecule has 0 spiro atoms. The molecule has 1 heterocycles. The summed E-state index contributed by atoms with van der Waals surface area (Å²) in [5.41, 5.74) is 0.461. The number of carbonyl (C=O) groups is 1. The Hall–Kier alpha value is -1.58. The van der Waals surface area contributed by atoms with E-state index in [1.54, 1.807) is 6.20 Å². The number of rotatable bonds is 2. The molecule has 1 amide bonds. The number of hydrogen-bond donors (Lipinski definition) is 1. The standard InChI is InChI=1S/C11H16N2O2/c1-11(2,3)13-10(14)15-8-9-6-4-5-7-12-9/h4-7H,8H2,1-3H3,(H,13,14). The smallest absolute Gasteiger partial charge is 0.407 e. The lowest BCUT2D eigenvalue weighted by Crippen LogP contribution is -2.40. The lowest BCUT2D eigenvalue weighted by molar-refractivity contribution is 0.130. The van der Waals surface area contributed by atoms with Gasteiger partial charge in [-0.25, -0.2) is 4.79 Å². The minimum Gasteiger partial charge on any atom is -0.443 e. The largest absolute Gasteiger partial charge is 0.443 e. The van der Waals surface area contributed by atoms with Gasteiger partial charge in [-0.3, -0.25) is 4.98 Å². The van der Waals surface area contributed by atoms with E-state index in [9.17, 15) is 4.79 Å². The predicted molar refractivity (Wildman–Crippen MR) is 57.3 cm³/mol. The third-order valence-corrected chi connectivity index (χ3v) is 1.55. The average molecular weight is 208 g/mol. The molecule has 82 valence electrons. The fourth-order valence-electron chi connectivity index (χ4n) is 0.965. The molecule has 0 saturated heterocycles. The summed E-state index contributed by atoms with van der Waals surface area (Å²) in [4.78, 5) is 15.3. The van der Waals surface area contributed by atoms with Crippen molar-refractivity contribution in [2.75, 3.05) is 0 Å². The van der Waals surface area contributed by atoms with Gasteiger partial charge in [-0.2, -0.15) is 0 Å². The van der Waals surface area contributed by atoms with Gasteiger partial charge < -0.3 is 10.1 Å². The van der Waals surface area contributed by atoms with Crippen LogP contribution in [0, 0.1) is 0 Å². The number of aromatic nitrogens is 1. The van der Waals surface area contributed by atoms with Crippen molar-refractivity contribution < 1.29 is 9.53 Å². The molecule has 1 N–H and O–H groups in total. The Morgan fingerprint density at radius 3 is 2.73 bits per heavy atom. The van der Waals surface area contributed by atoms with E-state index in [0.717, 1.165) is 5.69 Å². The van der Waals surface area contributed by atoms with Crippen molar-refractivity contribution in [1.29, 1.82) is 0 Å². The molecule has 1 aromatic rings. The number of ether oxygens (including phenoxy) is 1. The van der Waals surface area contributed by atoms with Crippen molar-refractivity contribution in [3.05, 3.63) is 30.1 Å². The monoisotopic (exact) mass is 208 g/mol. The highest BCUT2D eigenvalue weighted by Gasteiger charge is 2.14. The van der Waals surface area contributed by atoms with E-state index in [2.05, 4.69) is 10.3 Å². The van der Waals surface area contributed by atoms with Crippen LogP contribution in [0.5, 0.6) is 0 Å². The summed E-state index contributed by atoms with van der Waals surface area (Å²) in [6.07, 6.45) is 1.24. The summed E-state index contributed by atoms with van der Waals surface area (Å²) in [5.74, 6) is 0. The van der Waals surface area contributed by atoms with Gasteiger partial charge in [-0.15, -0.1) is 0 Å². The summed E-state index contributed by atoms with van der Waals surface area (Å²) in [6.45, 7) is 5.89. The maximum Gasteiger partial charge on any atom is 0.407 e. The van der Waals surface area contributed by atoms with E-state index in [4.69, 9.17) is 4.74 Å². The van der Waals surface area contributed by atoms with E-state index in [1.807, 2.05) is 39.0 Å². The minimum atomic E-state index is -0.423. The molecule has 4 nitrogen and oxygen atoms in total. The van der Waals surface area contributed by atoms with Gasteiger partial charge in [0.2, 0.25) is 0 Å². The highest BCUT2D eigenvalue weighted by atomic mass is 16.5. The molecule has 0 atom stereocenters. The van der Waals surface area contributed by atoms with Crippen LogP contribution in [-0.4, -0.2) is 16.6 Å². The van der Waals surface area contributed by atoms with Crippen LogP contribution in [0.2, 0.25) is 0 Å². The normalized spacial score (nSPS) is 10.9. The third kappa shape index (κ3) is 5.00. The molecule has 15 heavy (non-hydrogen) atoms. The summed E-state index contributed by atoms with van der Waals surface area (Å²) in [7, 11) is 0. The molecule has 0 unspecified atom stereocenters. The van der Waals surface area contributed by atoms with Gasteiger partial charge >= 0.3 is 6.09 Å². The van der Waals surface area contributed by atoms with Gasteiger partial charge in [-0.1, -0.05) is 6.07 Å². The number of amides is 1. The van der Waals surface area contributed by atoms with E-state index >= 15 is 0 Å². The molecule has 1 aromatic heterocycles. The second-order valence-corrected chi connectivity index (χ2v) is 4.27. The van der Waals surface area contributed by atoms with Crippen molar-refractivity contribution in [3.8, 4) is 0 Å². The van der Waals surface area contributed by atoms with Gasteiger partial charge in [-0.05, 0) is 32.9 Å². The molecule has 0 saturated carbocycles. The van der Waals surface area contributed by atoms with Crippen LogP contribution in [0.25, 0.3) is 0 Å². The first kappa shape index (κ1) is 11.5. The number of nitrogens with one attached hydrogen (secondary N) is 1. The Morgan fingerprint density at radius 2 is 2.20 bits per heavy atom. The second-order valence-electron chi connectivity index (χ2n) is 4.27. The van der Waals surface area contributed by atoms with Crippen LogP contribution < -0.4 is 5.32 Å². The molecule has 1 rings (SSSR count). The molecule has 0 aliphatic carbocycles. The SMILES string of the molecule is CC(C)(C)NC(=O)OCc1ccccn1. The van der Waals surface area contributed by atoms with Gasteiger partial charge in [0.1, 0.15) is 6.61 Å². The first-order chi connectivity index (χ1) is 6.97. The number of hydrogen-bond acceptors (Lipinski definition) is 3. The highest BCUT2D eigenvalue weighted by molar-refractivity contribution is 5.68. The Labute approximate surface area is 89.7 Å². The molecular weight excluding hydrogens is 192 g/mol. The van der Waals surface area contributed by atoms with Crippen molar-refractivity contribution in [2.45, 2.75) is 32.9 Å². The summed E-state index contributed by atoms with van der Waals surface area (Å²) >= 11 is 0. The predicted octanol–water partition coefficient (Wildman–Crippen LogP) is 2.11. The minimum absolute atomic E-state index is 0.197. The van der Waals surface area contributed by atoms with Crippen LogP contribution in [0.3, 0.4) is 0 Å². The Morgan fingerprint density at radius 1 is 1.47 bits per heavy atom. The van der Waals surface area contributed by atoms with E-state index < -0.39 is 6.09 Å². The Balaban J connectivity index is 2.35. The van der Waals surface area contributed by atoms with Crippen LogP contribution in [-0.2, 0) is 11.3 Å². The topological polar surface area (TPSA) is 51.2 Å². The van der Waals surface area contributed by atoms with Crippen LogP contribution in [0.1, 0.15) is 26.5 Å². The van der Waals surface area contributed by atoms with Crippen LogP contribution >= 0.6 is 0 Å². The number of alkyl carbamates (subject to hydrolysis) is 1. The molecule has 0 aliphatic rings. The van der Waals surface area contributed by atoms with Crippen LogP contribution in [0.15, 0.2) is 24.4 Å². The fourth-order valence-corrected chi connectivity index (χ4v) is 0.965. The van der Waals surface area contributed by atoms with Gasteiger partial charge in [0.05, 0.1) is 5.69 Å². The molecule has 0 aromatic carbocycles. The van der Waals surface area contributed by atoms with Crippen LogP contribution in [0.4, 0.5) is 4.79 Å². The number of nitrogens with zero attached hydrogens (tertiary/aromatic N) is 1. The first-order valence-corrected chi connectivity index (χ1v) is 4.82. The average Bonchev–Trinajstić information content (AvgIpc) is 2.14. The quantitative estimate of drug-likeness (QED) is 0.809. The zero-order valence-electron chi connectivity index (χ0n) is 9.28. The highest BCUT2D eigenvalue weighted by Crippen LogP contribution is 2.01. The maximum absolute atomic E-state index is 11.3. The summed E-state index contributed by atoms with van der Waals surface area (Å²) in [6, 6.07) is 5.48. The second kappa shape index (κ2) is 4.77. The van der Waals surface area contributed by atoms with E-state index in [-0.39, 0.29) is 12.1 Å². The molecule has 0 aliphatic heterocycles. The van der Waals surface area contributed by atoms with Gasteiger partial charge in [0, 0.05) is 11.7 Å². The first-order valence-electron chi connectivity index (χ1n) is 4.82. The van der Waals surface area contributed by atoms with Crippen molar-refractivity contribution in [1.82, 2.24) is 10.3 Å². The molecule has 4 heteroatoms. The third-order valence-electron chi connectivity index (χ3n) is 1.55. The summed E-state index contributed by atoms with van der Waals surface area (Å²) in [5, 5.41) is 2.70. The Kier molecular flexibility index (Phi) is 3.66. The summed E-state index contributed by atoms with van der Waals surface area (Å²) < 4.78 is 4.99. The van der Waals surface area contributed by atoms with Crippen molar-refractivity contribution in [3.63, 3.8) is 0 Å². The van der Waals surface area contributed by atoms with E-state index in [0.29, 0.717) is 0 Å². The molecule has 0 radical (unpaired) electrons. The Bertz CT molecular complexity index is 317. The fraction of sp³-hybridized carbons (Fsp3) is 0.455. The van der Waals surface area contributed by atoms with Crippen molar-refractivity contribution >= 4 is 6.09 Å². The van der Waals surface area contributed by atoms with Gasteiger partial charge in [0.15, 0.2) is 0 Å². The molecular formula is C11H16N2O2.